The SMILES string of the molecule is Nc1ccc2c(c1)C(C1CCNCC1)=Cc1cccnc1C2C1CCNCC1. The van der Waals surface area contributed by atoms with Gasteiger partial charge in [0, 0.05) is 17.8 Å². The second-order valence-corrected chi connectivity index (χ2v) is 8.51. The van der Waals surface area contributed by atoms with Crippen molar-refractivity contribution in [3.63, 3.8) is 0 Å². The maximum atomic E-state index is 6.29. The highest BCUT2D eigenvalue weighted by atomic mass is 14.9. The van der Waals surface area contributed by atoms with Gasteiger partial charge in [-0.15, -0.1) is 0 Å². The molecule has 1 aromatic heterocycles. The lowest BCUT2D eigenvalue weighted by Crippen LogP contribution is -2.32. The molecule has 4 heteroatoms. The van der Waals surface area contributed by atoms with E-state index in [1.54, 1.807) is 0 Å². The third-order valence-electron chi connectivity index (χ3n) is 6.83. The van der Waals surface area contributed by atoms with Crippen LogP contribution in [0.15, 0.2) is 36.5 Å². The normalized spacial score (nSPS) is 23.4. The molecule has 3 aliphatic rings. The zero-order valence-corrected chi connectivity index (χ0v) is 16.5. The minimum atomic E-state index is 0.351. The number of nitrogens with one attached hydrogen (secondary N) is 2. The monoisotopic (exact) mass is 374 g/mol. The van der Waals surface area contributed by atoms with E-state index >= 15 is 0 Å². The Bertz CT molecular complexity index is 876. The van der Waals surface area contributed by atoms with Gasteiger partial charge in [-0.1, -0.05) is 12.1 Å². The van der Waals surface area contributed by atoms with Crippen LogP contribution in [0.3, 0.4) is 0 Å². The summed E-state index contributed by atoms with van der Waals surface area (Å²) in [6.07, 6.45) is 9.17. The van der Waals surface area contributed by atoms with Crippen LogP contribution in [0.5, 0.6) is 0 Å². The van der Waals surface area contributed by atoms with Crippen LogP contribution in [-0.2, 0) is 0 Å². The van der Waals surface area contributed by atoms with Crippen LogP contribution in [0.25, 0.3) is 11.6 Å². The molecule has 2 saturated heterocycles. The summed E-state index contributed by atoms with van der Waals surface area (Å²) in [6, 6.07) is 10.9. The third kappa shape index (κ3) is 3.25. The highest BCUT2D eigenvalue weighted by Gasteiger charge is 2.34. The summed E-state index contributed by atoms with van der Waals surface area (Å²) in [5, 5.41) is 7.04. The van der Waals surface area contributed by atoms with Crippen LogP contribution in [0.2, 0.25) is 0 Å². The molecular formula is C24H30N4. The van der Waals surface area contributed by atoms with Crippen molar-refractivity contribution in [3.8, 4) is 0 Å². The lowest BCUT2D eigenvalue weighted by atomic mass is 9.75. The Morgan fingerprint density at radius 2 is 1.68 bits per heavy atom. The first-order chi connectivity index (χ1) is 13.8. The van der Waals surface area contributed by atoms with Crippen molar-refractivity contribution < 1.29 is 0 Å². The Labute approximate surface area is 167 Å². The number of piperidine rings is 2. The Morgan fingerprint density at radius 1 is 0.929 bits per heavy atom. The average molecular weight is 375 g/mol. The summed E-state index contributed by atoms with van der Waals surface area (Å²) in [5.74, 6) is 1.56. The standard InChI is InChI=1S/C24H30N4/c25-19-3-4-20-22(15-19)21(16-5-10-26-11-6-16)14-18-2-1-9-28-24(18)23(20)17-7-12-27-13-8-17/h1-4,9,14-17,23,26-27H,5-8,10-13,25H2. The number of allylic oxidation sites excluding steroid dienone is 1. The number of benzene rings is 1. The molecule has 4 N–H and O–H groups in total. The largest absolute Gasteiger partial charge is 0.399 e. The Balaban J connectivity index is 1.70. The lowest BCUT2D eigenvalue weighted by Gasteiger charge is -2.33. The third-order valence-corrected chi connectivity index (χ3v) is 6.83. The lowest BCUT2D eigenvalue weighted by molar-refractivity contribution is 0.338. The Hall–Kier alpha value is -2.17. The molecule has 0 saturated carbocycles. The zero-order valence-electron chi connectivity index (χ0n) is 16.5. The first-order valence-electron chi connectivity index (χ1n) is 10.8. The number of nitrogens with zero attached hydrogens (tertiary/aromatic N) is 1. The van der Waals surface area contributed by atoms with Gasteiger partial charge < -0.3 is 16.4 Å². The highest BCUT2D eigenvalue weighted by Crippen LogP contribution is 2.46. The van der Waals surface area contributed by atoms with Gasteiger partial charge in [0.1, 0.15) is 0 Å². The molecule has 0 radical (unpaired) electrons. The van der Waals surface area contributed by atoms with Crippen molar-refractivity contribution in [1.82, 2.24) is 15.6 Å². The van der Waals surface area contributed by atoms with E-state index in [9.17, 15) is 0 Å². The zero-order chi connectivity index (χ0) is 18.9. The number of aromatic nitrogens is 1. The number of hydrogen-bond acceptors (Lipinski definition) is 4. The summed E-state index contributed by atoms with van der Waals surface area (Å²) in [6.45, 7) is 4.39. The van der Waals surface area contributed by atoms with Gasteiger partial charge in [0.05, 0.1) is 5.69 Å². The van der Waals surface area contributed by atoms with Gasteiger partial charge in [0.15, 0.2) is 0 Å². The fourth-order valence-corrected chi connectivity index (χ4v) is 5.43. The molecule has 0 amide bonds. The average Bonchev–Trinajstić information content (AvgIpc) is 2.89. The van der Waals surface area contributed by atoms with Crippen molar-refractivity contribution in [1.29, 1.82) is 0 Å². The van der Waals surface area contributed by atoms with Crippen molar-refractivity contribution >= 4 is 17.3 Å². The van der Waals surface area contributed by atoms with Crippen LogP contribution < -0.4 is 16.4 Å². The molecule has 28 heavy (non-hydrogen) atoms. The number of pyridine rings is 1. The molecule has 1 unspecified atom stereocenters. The molecule has 2 aliphatic heterocycles. The minimum Gasteiger partial charge on any atom is -0.399 e. The molecule has 146 valence electrons. The van der Waals surface area contributed by atoms with Gasteiger partial charge in [-0.3, -0.25) is 4.98 Å². The van der Waals surface area contributed by atoms with E-state index in [-0.39, 0.29) is 0 Å². The van der Waals surface area contributed by atoms with E-state index in [4.69, 9.17) is 10.7 Å². The summed E-state index contributed by atoms with van der Waals surface area (Å²) in [4.78, 5) is 4.93. The van der Waals surface area contributed by atoms with E-state index in [0.29, 0.717) is 17.8 Å². The number of hydrogen-bond donors (Lipinski definition) is 3. The van der Waals surface area contributed by atoms with Crippen LogP contribution >= 0.6 is 0 Å². The Morgan fingerprint density at radius 3 is 2.46 bits per heavy atom. The maximum Gasteiger partial charge on any atom is 0.0553 e. The molecule has 2 fully saturated rings. The van der Waals surface area contributed by atoms with Crippen molar-refractivity contribution in [2.24, 2.45) is 11.8 Å². The number of nitrogens with two attached hydrogens (primary N) is 1. The fraction of sp³-hybridized carbons (Fsp3) is 0.458. The summed E-state index contributed by atoms with van der Waals surface area (Å²) < 4.78 is 0. The van der Waals surface area contributed by atoms with Gasteiger partial charge in [-0.05, 0) is 110 Å². The first kappa shape index (κ1) is 17.9. The number of nitrogen functional groups attached to an aromatic ring is 1. The molecule has 4 nitrogen and oxygen atoms in total. The second kappa shape index (κ2) is 7.69. The quantitative estimate of drug-likeness (QED) is 0.702. The van der Waals surface area contributed by atoms with E-state index in [1.165, 1.54) is 53.6 Å². The molecule has 0 bridgehead atoms. The molecule has 1 aromatic carbocycles. The van der Waals surface area contributed by atoms with E-state index in [1.807, 2.05) is 6.20 Å². The van der Waals surface area contributed by atoms with E-state index in [0.717, 1.165) is 31.9 Å². The van der Waals surface area contributed by atoms with Gasteiger partial charge >= 0.3 is 0 Å². The minimum absolute atomic E-state index is 0.351. The molecule has 3 heterocycles. The van der Waals surface area contributed by atoms with Crippen molar-refractivity contribution in [2.45, 2.75) is 31.6 Å². The van der Waals surface area contributed by atoms with Gasteiger partial charge in [-0.2, -0.15) is 0 Å². The summed E-state index contributed by atoms with van der Waals surface area (Å²) >= 11 is 0. The number of rotatable bonds is 2. The number of fused-ring (bicyclic) bond motifs is 2. The summed E-state index contributed by atoms with van der Waals surface area (Å²) in [5.41, 5.74) is 14.0. The van der Waals surface area contributed by atoms with Crippen LogP contribution in [-0.4, -0.2) is 31.2 Å². The molecule has 2 aromatic rings. The first-order valence-corrected chi connectivity index (χ1v) is 10.8. The maximum absolute atomic E-state index is 6.29. The molecular weight excluding hydrogens is 344 g/mol. The van der Waals surface area contributed by atoms with Crippen LogP contribution in [0.1, 0.15) is 54.0 Å². The summed E-state index contributed by atoms with van der Waals surface area (Å²) in [7, 11) is 0. The molecule has 5 rings (SSSR count). The molecule has 1 aliphatic carbocycles. The Kier molecular flexibility index (Phi) is 4.91. The topological polar surface area (TPSA) is 63.0 Å². The number of anilines is 1. The van der Waals surface area contributed by atoms with Crippen molar-refractivity contribution in [2.75, 3.05) is 31.9 Å². The van der Waals surface area contributed by atoms with Crippen molar-refractivity contribution in [3.05, 3.63) is 58.9 Å². The molecule has 1 atom stereocenters. The highest BCUT2D eigenvalue weighted by molar-refractivity contribution is 5.88. The van der Waals surface area contributed by atoms with Crippen LogP contribution in [0, 0.1) is 11.8 Å². The smallest absolute Gasteiger partial charge is 0.0553 e. The molecule has 0 spiro atoms. The van der Waals surface area contributed by atoms with Gasteiger partial charge in [-0.25, -0.2) is 0 Å². The van der Waals surface area contributed by atoms with Gasteiger partial charge in [0.2, 0.25) is 0 Å². The predicted octanol–water partition coefficient (Wildman–Crippen LogP) is 3.65. The van der Waals surface area contributed by atoms with E-state index < -0.39 is 0 Å². The van der Waals surface area contributed by atoms with Crippen LogP contribution in [0.4, 0.5) is 5.69 Å². The van der Waals surface area contributed by atoms with Gasteiger partial charge in [0.25, 0.3) is 0 Å². The predicted molar refractivity (Wildman–Crippen MR) is 116 cm³/mol. The second-order valence-electron chi connectivity index (χ2n) is 8.51. The fourth-order valence-electron chi connectivity index (χ4n) is 5.43. The van der Waals surface area contributed by atoms with E-state index in [2.05, 4.69) is 47.0 Å².